The third-order valence-electron chi connectivity index (χ3n) is 10.8. The predicted molar refractivity (Wildman–Crippen MR) is 189 cm³/mol. The third kappa shape index (κ3) is 6.28. The van der Waals surface area contributed by atoms with Crippen LogP contribution in [0.4, 0.5) is 5.69 Å². The van der Waals surface area contributed by atoms with E-state index in [1.165, 1.54) is 38.5 Å². The Morgan fingerprint density at radius 2 is 1.63 bits per heavy atom. The van der Waals surface area contributed by atoms with E-state index < -0.39 is 0 Å². The minimum absolute atomic E-state index is 0.171. The Morgan fingerprint density at radius 1 is 0.957 bits per heavy atom. The lowest BCUT2D eigenvalue weighted by Gasteiger charge is -2.57. The smallest absolute Gasteiger partial charge is 0.219 e. The van der Waals surface area contributed by atoms with Crippen LogP contribution in [0.25, 0.3) is 22.4 Å². The topological polar surface area (TPSA) is 76.2 Å². The van der Waals surface area contributed by atoms with Crippen molar-refractivity contribution < 1.29 is 4.79 Å². The predicted octanol–water partition coefficient (Wildman–Crippen LogP) is 8.41. The van der Waals surface area contributed by atoms with Gasteiger partial charge in [-0.05, 0) is 135 Å². The lowest BCUT2D eigenvalue weighted by Crippen LogP contribution is -2.47. The molecule has 3 N–H and O–H groups in total. The van der Waals surface area contributed by atoms with Crippen molar-refractivity contribution in [2.75, 3.05) is 18.0 Å². The zero-order valence-corrected chi connectivity index (χ0v) is 27.9. The van der Waals surface area contributed by atoms with Crippen molar-refractivity contribution in [2.24, 2.45) is 28.9 Å². The van der Waals surface area contributed by atoms with Gasteiger partial charge in [0.2, 0.25) is 5.91 Å². The van der Waals surface area contributed by atoms with Gasteiger partial charge in [-0.2, -0.15) is 0 Å². The molecule has 3 aromatic carbocycles. The first-order chi connectivity index (χ1) is 22.2. The van der Waals surface area contributed by atoms with Crippen molar-refractivity contribution in [3.05, 3.63) is 95.7 Å². The summed E-state index contributed by atoms with van der Waals surface area (Å²) in [6, 6.07) is 20.4. The van der Waals surface area contributed by atoms with Gasteiger partial charge < -0.3 is 20.5 Å². The zero-order valence-electron chi connectivity index (χ0n) is 26.4. The summed E-state index contributed by atoms with van der Waals surface area (Å²) in [5.74, 6) is 3.27. The average molecular weight is 657 g/mol. The van der Waals surface area contributed by atoms with Crippen molar-refractivity contribution in [3.8, 4) is 11.4 Å². The number of nitrogens with two attached hydrogens (primary N) is 1. The number of hydrogen-bond acceptors (Lipinski definition) is 4. The first kappa shape index (κ1) is 31.5. The Bertz CT molecular complexity index is 1690. The molecule has 1 heterocycles. The summed E-state index contributed by atoms with van der Waals surface area (Å²) in [5.41, 5.74) is 12.3. The highest BCUT2D eigenvalue weighted by Gasteiger charge is 2.51. The molecule has 1 amide bonds. The molecule has 8 rings (SSSR count). The lowest BCUT2D eigenvalue weighted by molar-refractivity contribution is -0.118. The SMILES string of the molecule is [CH2]CN(C[CH2])c1ccc(-c2nc3cc(C(CC(N)=O)NCc4ccc(Cl)c(Cl)c4)ccc3n2CC23CC4CC(CC(C4)C2)C3)cc1. The van der Waals surface area contributed by atoms with E-state index in [4.69, 9.17) is 33.9 Å². The molecule has 0 saturated heterocycles. The van der Waals surface area contributed by atoms with Crippen molar-refractivity contribution in [2.45, 2.75) is 64.1 Å². The van der Waals surface area contributed by atoms with E-state index in [1.54, 1.807) is 6.07 Å². The molecule has 4 aromatic rings. The summed E-state index contributed by atoms with van der Waals surface area (Å²) in [6.07, 6.45) is 8.43. The van der Waals surface area contributed by atoms with Gasteiger partial charge in [0.15, 0.2) is 0 Å². The number of carbonyl (C=O) groups is 1. The maximum Gasteiger partial charge on any atom is 0.219 e. The highest BCUT2D eigenvalue weighted by atomic mass is 35.5. The lowest BCUT2D eigenvalue weighted by atomic mass is 9.49. The van der Waals surface area contributed by atoms with Crippen LogP contribution in [0.5, 0.6) is 0 Å². The summed E-state index contributed by atoms with van der Waals surface area (Å²) < 4.78 is 2.49. The number of carbonyl (C=O) groups excluding carboxylic acids is 1. The summed E-state index contributed by atoms with van der Waals surface area (Å²) in [6.45, 7) is 11.0. The van der Waals surface area contributed by atoms with E-state index in [0.29, 0.717) is 35.1 Å². The van der Waals surface area contributed by atoms with E-state index in [2.05, 4.69) is 71.1 Å². The second-order valence-corrected chi connectivity index (χ2v) is 14.9. The van der Waals surface area contributed by atoms with Crippen LogP contribution in [0.2, 0.25) is 10.0 Å². The Hall–Kier alpha value is -3.06. The summed E-state index contributed by atoms with van der Waals surface area (Å²) >= 11 is 12.4. The molecule has 4 aliphatic rings. The van der Waals surface area contributed by atoms with Gasteiger partial charge in [-0.25, -0.2) is 4.98 Å². The van der Waals surface area contributed by atoms with Crippen LogP contribution in [-0.2, 0) is 17.9 Å². The summed E-state index contributed by atoms with van der Waals surface area (Å²) in [7, 11) is 0. The minimum Gasteiger partial charge on any atom is -0.372 e. The van der Waals surface area contributed by atoms with Gasteiger partial charge in [-0.15, -0.1) is 0 Å². The molecule has 46 heavy (non-hydrogen) atoms. The number of aromatic nitrogens is 2. The van der Waals surface area contributed by atoms with E-state index in [0.717, 1.165) is 63.5 Å². The minimum atomic E-state index is -0.363. The molecule has 240 valence electrons. The number of halogens is 2. The Morgan fingerprint density at radius 3 is 2.24 bits per heavy atom. The second kappa shape index (κ2) is 12.9. The number of primary amides is 1. The van der Waals surface area contributed by atoms with Gasteiger partial charge in [0.25, 0.3) is 0 Å². The van der Waals surface area contributed by atoms with Gasteiger partial charge in [0.1, 0.15) is 5.82 Å². The van der Waals surface area contributed by atoms with Gasteiger partial charge >= 0.3 is 0 Å². The number of amides is 1. The van der Waals surface area contributed by atoms with Gasteiger partial charge in [0.05, 0.1) is 21.1 Å². The van der Waals surface area contributed by atoms with Crippen LogP contribution in [0.15, 0.2) is 60.7 Å². The quantitative estimate of drug-likeness (QED) is 0.161. The highest BCUT2D eigenvalue weighted by Crippen LogP contribution is 2.61. The molecule has 1 aromatic heterocycles. The fourth-order valence-electron chi connectivity index (χ4n) is 9.15. The first-order valence-corrected chi connectivity index (χ1v) is 17.4. The molecule has 6 nitrogen and oxygen atoms in total. The van der Waals surface area contributed by atoms with E-state index >= 15 is 0 Å². The number of benzene rings is 3. The average Bonchev–Trinajstić information content (AvgIpc) is 3.37. The summed E-state index contributed by atoms with van der Waals surface area (Å²) in [4.78, 5) is 19.6. The van der Waals surface area contributed by atoms with Crippen LogP contribution < -0.4 is 16.0 Å². The maximum atomic E-state index is 12.2. The number of nitrogens with zero attached hydrogens (tertiary/aromatic N) is 3. The van der Waals surface area contributed by atoms with Crippen molar-refractivity contribution in [3.63, 3.8) is 0 Å². The molecule has 2 radical (unpaired) electrons. The fourth-order valence-corrected chi connectivity index (χ4v) is 9.47. The Labute approximate surface area is 282 Å². The molecule has 4 bridgehead atoms. The van der Waals surface area contributed by atoms with E-state index in [-0.39, 0.29) is 18.4 Å². The second-order valence-electron chi connectivity index (χ2n) is 14.1. The molecule has 1 unspecified atom stereocenters. The summed E-state index contributed by atoms with van der Waals surface area (Å²) in [5, 5.41) is 4.55. The van der Waals surface area contributed by atoms with Crippen molar-refractivity contribution in [1.82, 2.24) is 14.9 Å². The van der Waals surface area contributed by atoms with Gasteiger partial charge in [-0.1, -0.05) is 35.3 Å². The zero-order chi connectivity index (χ0) is 32.0. The molecule has 4 aliphatic carbocycles. The molecule has 0 spiro atoms. The van der Waals surface area contributed by atoms with Crippen LogP contribution in [0, 0.1) is 37.0 Å². The number of nitrogens with one attached hydrogen (secondary N) is 1. The Balaban J connectivity index is 1.25. The highest BCUT2D eigenvalue weighted by molar-refractivity contribution is 6.42. The third-order valence-corrected chi connectivity index (χ3v) is 11.5. The molecule has 0 aliphatic heterocycles. The fraction of sp³-hybridized carbons (Fsp3) is 0.421. The molecular weight excluding hydrogens is 613 g/mol. The number of imidazole rings is 1. The standard InChI is InChI=1S/C38H43Cl2N5O/c1-3-44(4-2)30-9-6-28(7-10-30)37-43-34-17-29(33(18-36(41)46)42-22-24-5-11-31(39)32(40)16-24)8-12-35(34)45(37)23-38-19-25-13-26(20-38)15-27(14-25)21-38/h5-12,16-17,25-27,33,42H,1-4,13-15,18-23H2,(H2,41,46). The van der Waals surface area contributed by atoms with Crippen LogP contribution >= 0.6 is 23.2 Å². The van der Waals surface area contributed by atoms with Crippen molar-refractivity contribution in [1.29, 1.82) is 0 Å². The molecule has 4 fully saturated rings. The van der Waals surface area contributed by atoms with Crippen LogP contribution in [-0.4, -0.2) is 28.5 Å². The molecule has 4 saturated carbocycles. The van der Waals surface area contributed by atoms with Crippen molar-refractivity contribution >= 4 is 45.8 Å². The van der Waals surface area contributed by atoms with E-state index in [1.807, 2.05) is 12.1 Å². The monoisotopic (exact) mass is 655 g/mol. The normalized spacial score (nSPS) is 24.0. The molecular formula is C38H43Cl2N5O. The Kier molecular flexibility index (Phi) is 8.81. The number of anilines is 1. The number of rotatable bonds is 12. The number of hydrogen-bond donors (Lipinski definition) is 2. The van der Waals surface area contributed by atoms with Gasteiger partial charge in [-0.3, -0.25) is 4.79 Å². The molecule has 8 heteroatoms. The molecule has 1 atom stereocenters. The number of fused-ring (bicyclic) bond motifs is 1. The van der Waals surface area contributed by atoms with Gasteiger partial charge in [0, 0.05) is 49.9 Å². The largest absolute Gasteiger partial charge is 0.372 e. The van der Waals surface area contributed by atoms with Crippen LogP contribution in [0.3, 0.4) is 0 Å². The van der Waals surface area contributed by atoms with E-state index in [9.17, 15) is 4.79 Å². The maximum absolute atomic E-state index is 12.2. The van der Waals surface area contributed by atoms with Crippen LogP contribution in [0.1, 0.15) is 62.1 Å². The first-order valence-electron chi connectivity index (χ1n) is 16.6.